The maximum absolute atomic E-state index is 6.20. The van der Waals surface area contributed by atoms with Crippen molar-refractivity contribution in [3.8, 4) is 5.75 Å². The van der Waals surface area contributed by atoms with E-state index in [9.17, 15) is 0 Å². The number of nitrogens with zero attached hydrogens (tertiary/aromatic N) is 1. The van der Waals surface area contributed by atoms with Crippen LogP contribution >= 0.6 is 0 Å². The van der Waals surface area contributed by atoms with Gasteiger partial charge in [-0.05, 0) is 55.7 Å². The van der Waals surface area contributed by atoms with Crippen LogP contribution in [-0.4, -0.2) is 6.61 Å². The number of allylic oxidation sites excluding steroid dienone is 2. The molecule has 0 fully saturated rings. The van der Waals surface area contributed by atoms with Gasteiger partial charge in [-0.2, -0.15) is 0 Å². The van der Waals surface area contributed by atoms with Crippen LogP contribution in [0.2, 0.25) is 0 Å². The predicted molar refractivity (Wildman–Crippen MR) is 128 cm³/mol. The molecule has 0 aliphatic heterocycles. The predicted octanol–water partition coefficient (Wildman–Crippen LogP) is 6.25. The quantitative estimate of drug-likeness (QED) is 0.469. The SMILES string of the molecule is CCCOc1ccc(N(c2ccccc2)c2ccccc2)c2c1=C(CC)CC=CC=2. The van der Waals surface area contributed by atoms with Crippen molar-refractivity contribution in [3.05, 3.63) is 95.4 Å². The molecule has 0 saturated carbocycles. The molecule has 0 unspecified atom stereocenters. The second-order valence-corrected chi connectivity index (χ2v) is 7.48. The van der Waals surface area contributed by atoms with Crippen molar-refractivity contribution in [3.63, 3.8) is 0 Å². The lowest BCUT2D eigenvalue weighted by atomic mass is 10.0. The van der Waals surface area contributed by atoms with Crippen molar-refractivity contribution in [2.24, 2.45) is 0 Å². The third-order valence-corrected chi connectivity index (χ3v) is 5.46. The normalized spacial score (nSPS) is 12.7. The van der Waals surface area contributed by atoms with Gasteiger partial charge in [0.05, 0.1) is 12.3 Å². The van der Waals surface area contributed by atoms with Crippen molar-refractivity contribution < 1.29 is 4.74 Å². The monoisotopic (exact) mass is 395 g/mol. The summed E-state index contributed by atoms with van der Waals surface area (Å²) in [6.45, 7) is 5.12. The minimum absolute atomic E-state index is 0.733. The molecule has 2 heteroatoms. The average molecular weight is 396 g/mol. The maximum atomic E-state index is 6.20. The number of ether oxygens (including phenoxy) is 1. The first-order valence-electron chi connectivity index (χ1n) is 10.9. The number of fused-ring (bicyclic) bond motifs is 1. The van der Waals surface area contributed by atoms with E-state index in [0.717, 1.165) is 43.0 Å². The van der Waals surface area contributed by atoms with E-state index in [-0.39, 0.29) is 0 Å². The lowest BCUT2D eigenvalue weighted by molar-refractivity contribution is 0.314. The van der Waals surface area contributed by atoms with Crippen LogP contribution in [0.4, 0.5) is 17.1 Å². The van der Waals surface area contributed by atoms with Crippen LogP contribution in [0.1, 0.15) is 33.1 Å². The second kappa shape index (κ2) is 9.49. The summed E-state index contributed by atoms with van der Waals surface area (Å²) in [5.41, 5.74) is 4.88. The molecule has 3 aromatic rings. The van der Waals surface area contributed by atoms with Gasteiger partial charge in [0.25, 0.3) is 0 Å². The number of hydrogen-bond donors (Lipinski definition) is 0. The lowest BCUT2D eigenvalue weighted by Crippen LogP contribution is -2.33. The van der Waals surface area contributed by atoms with Gasteiger partial charge in [-0.1, -0.05) is 74.0 Å². The Labute approximate surface area is 179 Å². The summed E-state index contributed by atoms with van der Waals surface area (Å²) in [5, 5.41) is 2.48. The minimum Gasteiger partial charge on any atom is -0.493 e. The Bertz CT molecular complexity index is 1090. The number of anilines is 3. The highest BCUT2D eigenvalue weighted by Gasteiger charge is 2.17. The molecule has 2 nitrogen and oxygen atoms in total. The van der Waals surface area contributed by atoms with Gasteiger partial charge in [-0.3, -0.25) is 0 Å². The summed E-state index contributed by atoms with van der Waals surface area (Å²) in [5.74, 6) is 0.994. The van der Waals surface area contributed by atoms with Crippen LogP contribution in [-0.2, 0) is 0 Å². The highest BCUT2D eigenvalue weighted by Crippen LogP contribution is 2.32. The fourth-order valence-electron chi connectivity index (χ4n) is 4.03. The molecule has 0 spiro atoms. The van der Waals surface area contributed by atoms with Gasteiger partial charge in [0.2, 0.25) is 0 Å². The van der Waals surface area contributed by atoms with Gasteiger partial charge in [-0.15, -0.1) is 0 Å². The van der Waals surface area contributed by atoms with E-state index in [1.165, 1.54) is 21.7 Å². The molecule has 3 aromatic carbocycles. The van der Waals surface area contributed by atoms with E-state index in [4.69, 9.17) is 4.74 Å². The zero-order chi connectivity index (χ0) is 20.8. The molecular formula is C28H29NO. The van der Waals surface area contributed by atoms with Crippen LogP contribution in [0, 0.1) is 0 Å². The maximum Gasteiger partial charge on any atom is 0.127 e. The van der Waals surface area contributed by atoms with E-state index in [0.29, 0.717) is 0 Å². The van der Waals surface area contributed by atoms with E-state index in [1.807, 2.05) is 0 Å². The van der Waals surface area contributed by atoms with Crippen molar-refractivity contribution in [1.29, 1.82) is 0 Å². The first kappa shape index (κ1) is 20.0. The molecule has 0 amide bonds. The van der Waals surface area contributed by atoms with Gasteiger partial charge in [0, 0.05) is 21.8 Å². The fraction of sp³-hybridized carbons (Fsp3) is 0.214. The lowest BCUT2D eigenvalue weighted by Gasteiger charge is -2.26. The molecule has 1 aliphatic rings. The zero-order valence-electron chi connectivity index (χ0n) is 17.8. The Kier molecular flexibility index (Phi) is 6.34. The van der Waals surface area contributed by atoms with Crippen LogP contribution < -0.4 is 20.1 Å². The van der Waals surface area contributed by atoms with Crippen LogP contribution in [0.5, 0.6) is 5.75 Å². The summed E-state index contributed by atoms with van der Waals surface area (Å²) >= 11 is 0. The highest BCUT2D eigenvalue weighted by atomic mass is 16.5. The summed E-state index contributed by atoms with van der Waals surface area (Å²) in [6, 6.07) is 25.5. The van der Waals surface area contributed by atoms with Crippen LogP contribution in [0.3, 0.4) is 0 Å². The smallest absolute Gasteiger partial charge is 0.127 e. The molecule has 0 N–H and O–H groups in total. The summed E-state index contributed by atoms with van der Waals surface area (Å²) in [6.07, 6.45) is 9.64. The van der Waals surface area contributed by atoms with Crippen molar-refractivity contribution in [1.82, 2.24) is 0 Å². The fourth-order valence-corrected chi connectivity index (χ4v) is 4.03. The molecule has 0 heterocycles. The topological polar surface area (TPSA) is 12.5 Å². The van der Waals surface area contributed by atoms with Crippen molar-refractivity contribution in [2.75, 3.05) is 11.5 Å². The highest BCUT2D eigenvalue weighted by molar-refractivity contribution is 5.79. The third-order valence-electron chi connectivity index (χ3n) is 5.46. The standard InChI is InChI=1S/C28H29NO/c1-3-21-30-27-20-19-26(25-18-12-11-13-22(4-2)28(25)27)29(23-14-7-5-8-15-23)24-16-9-6-10-17-24/h5-12,14-20H,3-4,13,21H2,1-2H3. The Morgan fingerprint density at radius 2 is 1.50 bits per heavy atom. The summed E-state index contributed by atoms with van der Waals surface area (Å²) < 4.78 is 6.20. The Morgan fingerprint density at radius 1 is 0.833 bits per heavy atom. The Balaban J connectivity index is 2.02. The van der Waals surface area contributed by atoms with Crippen LogP contribution in [0.25, 0.3) is 11.6 Å². The molecule has 0 saturated heterocycles. The number of hydrogen-bond acceptors (Lipinski definition) is 2. The first-order chi connectivity index (χ1) is 14.8. The number of rotatable bonds is 7. The number of para-hydroxylation sites is 2. The molecule has 152 valence electrons. The summed E-state index contributed by atoms with van der Waals surface area (Å²) in [7, 11) is 0. The minimum atomic E-state index is 0.733. The molecule has 0 aromatic heterocycles. The molecule has 30 heavy (non-hydrogen) atoms. The van der Waals surface area contributed by atoms with Crippen molar-refractivity contribution in [2.45, 2.75) is 33.1 Å². The van der Waals surface area contributed by atoms with Crippen molar-refractivity contribution >= 4 is 28.7 Å². The molecule has 0 radical (unpaired) electrons. The van der Waals surface area contributed by atoms with E-state index in [2.05, 4.69) is 110 Å². The number of benzene rings is 3. The van der Waals surface area contributed by atoms with Gasteiger partial charge in [0.1, 0.15) is 5.75 Å². The van der Waals surface area contributed by atoms with Gasteiger partial charge in [-0.25, -0.2) is 0 Å². The largest absolute Gasteiger partial charge is 0.493 e. The van der Waals surface area contributed by atoms with Crippen LogP contribution in [0.15, 0.2) is 84.9 Å². The third kappa shape index (κ3) is 4.04. The first-order valence-corrected chi connectivity index (χ1v) is 10.9. The average Bonchev–Trinajstić information content (AvgIpc) is 3.03. The second-order valence-electron chi connectivity index (χ2n) is 7.48. The Morgan fingerprint density at radius 3 is 2.10 bits per heavy atom. The van der Waals surface area contributed by atoms with Gasteiger partial charge in [0.15, 0.2) is 0 Å². The van der Waals surface area contributed by atoms with E-state index >= 15 is 0 Å². The van der Waals surface area contributed by atoms with Gasteiger partial charge < -0.3 is 9.64 Å². The molecule has 4 rings (SSSR count). The zero-order valence-corrected chi connectivity index (χ0v) is 17.8. The molecular weight excluding hydrogens is 366 g/mol. The molecule has 1 aliphatic carbocycles. The molecule has 0 bridgehead atoms. The Hall–Kier alpha value is -3.26. The molecule has 0 atom stereocenters. The van der Waals surface area contributed by atoms with E-state index in [1.54, 1.807) is 0 Å². The van der Waals surface area contributed by atoms with Gasteiger partial charge >= 0.3 is 0 Å². The summed E-state index contributed by atoms with van der Waals surface area (Å²) in [4.78, 5) is 2.34. The van der Waals surface area contributed by atoms with E-state index < -0.39 is 0 Å².